The van der Waals surface area contributed by atoms with Gasteiger partial charge in [0.2, 0.25) is 10.0 Å². The van der Waals surface area contributed by atoms with Crippen molar-refractivity contribution in [2.24, 2.45) is 0 Å². The maximum absolute atomic E-state index is 13.4. The lowest BCUT2D eigenvalue weighted by molar-refractivity contribution is 0.0946. The SMILES string of the molecule is COc1ccc(S(=O)(=O)N2CCCC[C@H]2CCn2cc(C(=O)NC3CC3)nn2)cc1OC. The van der Waals surface area contributed by atoms with E-state index in [0.29, 0.717) is 31.0 Å². The molecule has 4 rings (SSSR count). The highest BCUT2D eigenvalue weighted by Crippen LogP contribution is 2.33. The summed E-state index contributed by atoms with van der Waals surface area (Å²) in [5.41, 5.74) is 0.287. The Morgan fingerprint density at radius 2 is 1.94 bits per heavy atom. The number of rotatable bonds is 9. The van der Waals surface area contributed by atoms with Crippen LogP contribution in [0.3, 0.4) is 0 Å². The van der Waals surface area contributed by atoms with Gasteiger partial charge in [-0.3, -0.25) is 9.48 Å². The Labute approximate surface area is 187 Å². The van der Waals surface area contributed by atoms with E-state index in [0.717, 1.165) is 32.1 Å². The minimum atomic E-state index is -3.70. The standard InChI is InChI=1S/C21H29N5O5S/c1-30-19-9-8-17(13-20(19)31-2)32(28,29)26-11-4-3-5-16(26)10-12-25-14-18(23-24-25)21(27)22-15-6-7-15/h8-9,13-16H,3-7,10-12H2,1-2H3,(H,22,27)/t16-/m0/s1. The zero-order valence-corrected chi connectivity index (χ0v) is 19.2. The van der Waals surface area contributed by atoms with Crippen LogP contribution in [-0.4, -0.2) is 66.5 Å². The van der Waals surface area contributed by atoms with Crippen LogP contribution in [-0.2, 0) is 16.6 Å². The quantitative estimate of drug-likeness (QED) is 0.603. The molecule has 2 aliphatic rings. The van der Waals surface area contributed by atoms with Crippen LogP contribution in [0.1, 0.15) is 49.0 Å². The number of aromatic nitrogens is 3. The smallest absolute Gasteiger partial charge is 0.273 e. The molecule has 1 saturated carbocycles. The average molecular weight is 464 g/mol. The fourth-order valence-corrected chi connectivity index (χ4v) is 5.71. The normalized spacial score (nSPS) is 19.5. The van der Waals surface area contributed by atoms with Crippen LogP contribution >= 0.6 is 0 Å². The van der Waals surface area contributed by atoms with Crippen molar-refractivity contribution in [1.82, 2.24) is 24.6 Å². The van der Waals surface area contributed by atoms with Gasteiger partial charge in [-0.15, -0.1) is 5.10 Å². The van der Waals surface area contributed by atoms with Gasteiger partial charge >= 0.3 is 0 Å². The van der Waals surface area contributed by atoms with Crippen LogP contribution in [0, 0.1) is 0 Å². The third kappa shape index (κ3) is 4.88. The first-order valence-corrected chi connectivity index (χ1v) is 12.3. The van der Waals surface area contributed by atoms with Crippen molar-refractivity contribution >= 4 is 15.9 Å². The molecule has 0 unspecified atom stereocenters. The molecule has 1 N–H and O–H groups in total. The summed E-state index contributed by atoms with van der Waals surface area (Å²) in [6.07, 6.45) is 6.77. The van der Waals surface area contributed by atoms with E-state index in [-0.39, 0.29) is 28.6 Å². The van der Waals surface area contributed by atoms with Gasteiger partial charge in [-0.2, -0.15) is 4.31 Å². The van der Waals surface area contributed by atoms with Crippen molar-refractivity contribution in [1.29, 1.82) is 0 Å². The van der Waals surface area contributed by atoms with Gasteiger partial charge in [0.15, 0.2) is 17.2 Å². The van der Waals surface area contributed by atoms with Crippen LogP contribution in [0.2, 0.25) is 0 Å². The molecule has 0 bridgehead atoms. The Bertz CT molecular complexity index is 1070. The molecule has 2 aromatic rings. The second-order valence-corrected chi connectivity index (χ2v) is 10.1. The van der Waals surface area contributed by atoms with Crippen LogP contribution in [0.25, 0.3) is 0 Å². The number of aryl methyl sites for hydroxylation is 1. The largest absolute Gasteiger partial charge is 0.493 e. The molecule has 1 aromatic carbocycles. The number of nitrogens with zero attached hydrogens (tertiary/aromatic N) is 4. The van der Waals surface area contributed by atoms with Crippen molar-refractivity contribution in [3.63, 3.8) is 0 Å². The van der Waals surface area contributed by atoms with Crippen molar-refractivity contribution < 1.29 is 22.7 Å². The lowest BCUT2D eigenvalue weighted by Gasteiger charge is -2.34. The predicted octanol–water partition coefficient (Wildman–Crippen LogP) is 1.82. The summed E-state index contributed by atoms with van der Waals surface area (Å²) in [7, 11) is -0.706. The first-order chi connectivity index (χ1) is 15.4. The second-order valence-electron chi connectivity index (χ2n) is 8.19. The maximum Gasteiger partial charge on any atom is 0.273 e. The van der Waals surface area contributed by atoms with Crippen LogP contribution in [0.4, 0.5) is 0 Å². The summed E-state index contributed by atoms with van der Waals surface area (Å²) in [6, 6.07) is 4.75. The molecule has 1 atom stereocenters. The Balaban J connectivity index is 1.45. The molecular weight excluding hydrogens is 434 g/mol. The number of amides is 1. The molecule has 1 aliphatic heterocycles. The minimum absolute atomic E-state index is 0.158. The number of ether oxygens (including phenoxy) is 2. The second kappa shape index (κ2) is 9.45. The summed E-state index contributed by atoms with van der Waals surface area (Å²) in [4.78, 5) is 12.3. The Kier molecular flexibility index (Phi) is 6.66. The monoisotopic (exact) mass is 463 g/mol. The van der Waals surface area contributed by atoms with Crippen molar-refractivity contribution in [2.75, 3.05) is 20.8 Å². The molecule has 11 heteroatoms. The number of sulfonamides is 1. The Hall–Kier alpha value is -2.66. The highest BCUT2D eigenvalue weighted by atomic mass is 32.2. The number of hydrogen-bond donors (Lipinski definition) is 1. The first kappa shape index (κ1) is 22.5. The van der Waals surface area contributed by atoms with Gasteiger partial charge in [0.05, 0.1) is 25.3 Å². The Morgan fingerprint density at radius 3 is 2.66 bits per heavy atom. The lowest BCUT2D eigenvalue weighted by Crippen LogP contribution is -2.44. The van der Waals surface area contributed by atoms with Gasteiger partial charge in [-0.25, -0.2) is 8.42 Å². The maximum atomic E-state index is 13.4. The highest BCUT2D eigenvalue weighted by molar-refractivity contribution is 7.89. The molecule has 2 fully saturated rings. The van der Waals surface area contributed by atoms with Crippen LogP contribution in [0.5, 0.6) is 11.5 Å². The Morgan fingerprint density at radius 1 is 1.16 bits per heavy atom. The van der Waals surface area contributed by atoms with Gasteiger partial charge < -0.3 is 14.8 Å². The average Bonchev–Trinajstić information content (AvgIpc) is 3.49. The van der Waals surface area contributed by atoms with E-state index >= 15 is 0 Å². The lowest BCUT2D eigenvalue weighted by atomic mass is 10.0. The van der Waals surface area contributed by atoms with Crippen molar-refractivity contribution in [3.8, 4) is 11.5 Å². The van der Waals surface area contributed by atoms with E-state index in [2.05, 4.69) is 15.6 Å². The molecule has 1 aliphatic carbocycles. The fourth-order valence-electron chi connectivity index (χ4n) is 3.97. The zero-order chi connectivity index (χ0) is 22.7. The first-order valence-electron chi connectivity index (χ1n) is 10.9. The van der Waals surface area contributed by atoms with Crippen molar-refractivity contribution in [3.05, 3.63) is 30.1 Å². The van der Waals surface area contributed by atoms with Crippen LogP contribution in [0.15, 0.2) is 29.3 Å². The molecule has 32 heavy (non-hydrogen) atoms. The highest BCUT2D eigenvalue weighted by Gasteiger charge is 2.34. The minimum Gasteiger partial charge on any atom is -0.493 e. The summed E-state index contributed by atoms with van der Waals surface area (Å²) in [6.45, 7) is 0.945. The molecule has 1 aromatic heterocycles. The molecule has 1 amide bonds. The topological polar surface area (TPSA) is 116 Å². The zero-order valence-electron chi connectivity index (χ0n) is 18.4. The molecule has 2 heterocycles. The van der Waals surface area contributed by atoms with E-state index in [1.165, 1.54) is 20.3 Å². The predicted molar refractivity (Wildman–Crippen MR) is 116 cm³/mol. The molecule has 174 valence electrons. The third-order valence-electron chi connectivity index (χ3n) is 5.91. The summed E-state index contributed by atoms with van der Waals surface area (Å²) in [5.74, 6) is 0.644. The number of methoxy groups -OCH3 is 2. The molecule has 10 nitrogen and oxygen atoms in total. The van der Waals surface area contributed by atoms with Gasteiger partial charge in [-0.1, -0.05) is 11.6 Å². The summed E-state index contributed by atoms with van der Waals surface area (Å²) < 4.78 is 40.5. The molecule has 1 saturated heterocycles. The van der Waals surface area contributed by atoms with Crippen LogP contribution < -0.4 is 14.8 Å². The van der Waals surface area contributed by atoms with Crippen molar-refractivity contribution in [2.45, 2.75) is 62.0 Å². The summed E-state index contributed by atoms with van der Waals surface area (Å²) in [5, 5.41) is 10.9. The number of carbonyl (C=O) groups excluding carboxylic acids is 1. The van der Waals surface area contributed by atoms with Gasteiger partial charge in [0, 0.05) is 31.2 Å². The van der Waals surface area contributed by atoms with E-state index < -0.39 is 10.0 Å². The number of carbonyl (C=O) groups is 1. The number of piperidine rings is 1. The molecular formula is C21H29N5O5S. The van der Waals surface area contributed by atoms with Gasteiger partial charge in [0.1, 0.15) is 0 Å². The van der Waals surface area contributed by atoms with Gasteiger partial charge in [0.25, 0.3) is 5.91 Å². The molecule has 0 radical (unpaired) electrons. The summed E-state index contributed by atoms with van der Waals surface area (Å²) >= 11 is 0. The number of hydrogen-bond acceptors (Lipinski definition) is 7. The number of benzene rings is 1. The van der Waals surface area contributed by atoms with E-state index in [1.807, 2.05) is 0 Å². The fraction of sp³-hybridized carbons (Fsp3) is 0.571. The van der Waals surface area contributed by atoms with Gasteiger partial charge in [-0.05, 0) is 44.2 Å². The third-order valence-corrected chi connectivity index (χ3v) is 7.86. The van der Waals surface area contributed by atoms with E-state index in [4.69, 9.17) is 9.47 Å². The number of nitrogens with one attached hydrogen (secondary N) is 1. The molecule has 0 spiro atoms. The van der Waals surface area contributed by atoms with E-state index in [1.54, 1.807) is 27.3 Å². The van der Waals surface area contributed by atoms with E-state index in [9.17, 15) is 13.2 Å².